The first-order valence-electron chi connectivity index (χ1n) is 6.56. The van der Waals surface area contributed by atoms with E-state index in [-0.39, 0.29) is 5.91 Å². The highest BCUT2D eigenvalue weighted by Crippen LogP contribution is 2.21. The Morgan fingerprint density at radius 1 is 1.16 bits per heavy atom. The SMILES string of the molecule is CCN(C(=O)c1ccc(C)n1C)c1ccccc1C. The van der Waals surface area contributed by atoms with E-state index in [0.29, 0.717) is 6.54 Å². The van der Waals surface area contributed by atoms with Gasteiger partial charge in [0.15, 0.2) is 0 Å². The lowest BCUT2D eigenvalue weighted by Gasteiger charge is -2.23. The van der Waals surface area contributed by atoms with Gasteiger partial charge in [0.05, 0.1) is 0 Å². The Morgan fingerprint density at radius 2 is 1.84 bits per heavy atom. The summed E-state index contributed by atoms with van der Waals surface area (Å²) in [4.78, 5) is 14.5. The predicted octanol–water partition coefficient (Wildman–Crippen LogP) is 3.31. The van der Waals surface area contributed by atoms with E-state index < -0.39 is 0 Å². The monoisotopic (exact) mass is 256 g/mol. The number of carbonyl (C=O) groups excluding carboxylic acids is 1. The smallest absolute Gasteiger partial charge is 0.274 e. The lowest BCUT2D eigenvalue weighted by molar-refractivity contribution is 0.0980. The van der Waals surface area contributed by atoms with Crippen LogP contribution in [0.15, 0.2) is 36.4 Å². The molecule has 3 nitrogen and oxygen atoms in total. The Bertz CT molecular complexity index is 599. The molecule has 0 aliphatic heterocycles. The van der Waals surface area contributed by atoms with Crippen LogP contribution in [0.5, 0.6) is 0 Å². The molecule has 0 aliphatic carbocycles. The third kappa shape index (κ3) is 2.41. The van der Waals surface area contributed by atoms with Crippen molar-refractivity contribution in [2.75, 3.05) is 11.4 Å². The molecule has 1 aromatic heterocycles. The van der Waals surface area contributed by atoms with Crippen LogP contribution >= 0.6 is 0 Å². The van der Waals surface area contributed by atoms with Gasteiger partial charge < -0.3 is 9.47 Å². The number of para-hydroxylation sites is 1. The Kier molecular flexibility index (Phi) is 3.74. The van der Waals surface area contributed by atoms with Crippen LogP contribution in [0.4, 0.5) is 5.69 Å². The zero-order valence-electron chi connectivity index (χ0n) is 12.0. The van der Waals surface area contributed by atoms with Crippen molar-refractivity contribution in [3.8, 4) is 0 Å². The largest absolute Gasteiger partial charge is 0.344 e. The average molecular weight is 256 g/mol. The summed E-state index contributed by atoms with van der Waals surface area (Å²) in [6.07, 6.45) is 0. The van der Waals surface area contributed by atoms with E-state index in [2.05, 4.69) is 0 Å². The molecule has 0 saturated carbocycles. The molecule has 2 rings (SSSR count). The molecule has 0 fully saturated rings. The maximum absolute atomic E-state index is 12.7. The van der Waals surface area contributed by atoms with Crippen LogP contribution in [0, 0.1) is 13.8 Å². The van der Waals surface area contributed by atoms with Crippen LogP contribution in [0.3, 0.4) is 0 Å². The molecule has 0 spiro atoms. The van der Waals surface area contributed by atoms with Gasteiger partial charge in [0.2, 0.25) is 0 Å². The van der Waals surface area contributed by atoms with Crippen LogP contribution in [-0.2, 0) is 7.05 Å². The van der Waals surface area contributed by atoms with Gasteiger partial charge in [-0.25, -0.2) is 0 Å². The van der Waals surface area contributed by atoms with Crippen molar-refractivity contribution >= 4 is 11.6 Å². The van der Waals surface area contributed by atoms with E-state index in [9.17, 15) is 4.79 Å². The van der Waals surface area contributed by atoms with E-state index in [0.717, 1.165) is 22.6 Å². The number of hydrogen-bond donors (Lipinski definition) is 0. The summed E-state index contributed by atoms with van der Waals surface area (Å²) in [6, 6.07) is 11.8. The molecular formula is C16H20N2O. The van der Waals surface area contributed by atoms with Crippen LogP contribution in [-0.4, -0.2) is 17.0 Å². The Morgan fingerprint density at radius 3 is 2.37 bits per heavy atom. The first-order chi connectivity index (χ1) is 9.06. The van der Waals surface area contributed by atoms with Gasteiger partial charge in [-0.3, -0.25) is 4.79 Å². The number of amides is 1. The molecule has 0 saturated heterocycles. The second-order valence-corrected chi connectivity index (χ2v) is 4.75. The number of aryl methyl sites for hydroxylation is 2. The number of nitrogens with zero attached hydrogens (tertiary/aromatic N) is 2. The van der Waals surface area contributed by atoms with Gasteiger partial charge in [0, 0.05) is 25.0 Å². The molecule has 1 heterocycles. The summed E-state index contributed by atoms with van der Waals surface area (Å²) in [5.41, 5.74) is 3.91. The lowest BCUT2D eigenvalue weighted by Crippen LogP contribution is -2.32. The first kappa shape index (κ1) is 13.4. The van der Waals surface area contributed by atoms with Gasteiger partial charge in [0.25, 0.3) is 5.91 Å². The highest BCUT2D eigenvalue weighted by Gasteiger charge is 2.20. The zero-order chi connectivity index (χ0) is 14.0. The second kappa shape index (κ2) is 5.31. The van der Waals surface area contributed by atoms with E-state index in [1.807, 2.05) is 73.7 Å². The maximum Gasteiger partial charge on any atom is 0.274 e. The van der Waals surface area contributed by atoms with Gasteiger partial charge in [0.1, 0.15) is 5.69 Å². The normalized spacial score (nSPS) is 10.5. The fraction of sp³-hybridized carbons (Fsp3) is 0.312. The minimum Gasteiger partial charge on any atom is -0.344 e. The summed E-state index contributed by atoms with van der Waals surface area (Å²) in [6.45, 7) is 6.69. The van der Waals surface area contributed by atoms with Crippen LogP contribution in [0.25, 0.3) is 0 Å². The van der Waals surface area contributed by atoms with Gasteiger partial charge in [-0.2, -0.15) is 0 Å². The number of anilines is 1. The van der Waals surface area contributed by atoms with Crippen molar-refractivity contribution in [1.29, 1.82) is 0 Å². The quantitative estimate of drug-likeness (QED) is 0.827. The molecule has 1 amide bonds. The number of aromatic nitrogens is 1. The Labute approximate surface area is 114 Å². The average Bonchev–Trinajstić information content (AvgIpc) is 2.73. The van der Waals surface area contributed by atoms with Gasteiger partial charge >= 0.3 is 0 Å². The number of rotatable bonds is 3. The van der Waals surface area contributed by atoms with Crippen molar-refractivity contribution in [2.45, 2.75) is 20.8 Å². The van der Waals surface area contributed by atoms with E-state index in [4.69, 9.17) is 0 Å². The van der Waals surface area contributed by atoms with Crippen LogP contribution in [0.2, 0.25) is 0 Å². The summed E-state index contributed by atoms with van der Waals surface area (Å²) >= 11 is 0. The second-order valence-electron chi connectivity index (χ2n) is 4.75. The first-order valence-corrected chi connectivity index (χ1v) is 6.56. The van der Waals surface area contributed by atoms with Gasteiger partial charge in [-0.15, -0.1) is 0 Å². The fourth-order valence-electron chi connectivity index (χ4n) is 2.26. The van der Waals surface area contributed by atoms with Crippen LogP contribution < -0.4 is 4.90 Å². The highest BCUT2D eigenvalue weighted by molar-refractivity contribution is 6.05. The minimum atomic E-state index is 0.0485. The van der Waals surface area contributed by atoms with E-state index >= 15 is 0 Å². The molecule has 2 aromatic rings. The molecule has 1 aromatic carbocycles. The molecule has 3 heteroatoms. The molecule has 0 unspecified atom stereocenters. The molecular weight excluding hydrogens is 236 g/mol. The Balaban J connectivity index is 2.41. The zero-order valence-corrected chi connectivity index (χ0v) is 12.0. The van der Waals surface area contributed by atoms with Crippen molar-refractivity contribution in [1.82, 2.24) is 4.57 Å². The fourth-order valence-corrected chi connectivity index (χ4v) is 2.26. The topological polar surface area (TPSA) is 25.2 Å². The Hall–Kier alpha value is -2.03. The van der Waals surface area contributed by atoms with Crippen molar-refractivity contribution < 1.29 is 4.79 Å². The minimum absolute atomic E-state index is 0.0485. The van der Waals surface area contributed by atoms with Gasteiger partial charge in [-0.1, -0.05) is 18.2 Å². The molecule has 19 heavy (non-hydrogen) atoms. The van der Waals surface area contributed by atoms with Crippen molar-refractivity contribution in [3.63, 3.8) is 0 Å². The van der Waals surface area contributed by atoms with Crippen molar-refractivity contribution in [2.24, 2.45) is 7.05 Å². The van der Waals surface area contributed by atoms with Crippen LogP contribution in [0.1, 0.15) is 28.7 Å². The number of hydrogen-bond acceptors (Lipinski definition) is 1. The molecule has 0 N–H and O–H groups in total. The lowest BCUT2D eigenvalue weighted by atomic mass is 10.1. The maximum atomic E-state index is 12.7. The van der Waals surface area contributed by atoms with Gasteiger partial charge in [-0.05, 0) is 44.5 Å². The third-order valence-electron chi connectivity index (χ3n) is 3.56. The molecule has 100 valence electrons. The summed E-state index contributed by atoms with van der Waals surface area (Å²) in [5.74, 6) is 0.0485. The molecule has 0 bridgehead atoms. The molecule has 0 radical (unpaired) electrons. The summed E-state index contributed by atoms with van der Waals surface area (Å²) < 4.78 is 1.93. The number of benzene rings is 1. The standard InChI is InChI=1S/C16H20N2O/c1-5-18(14-9-7-6-8-12(14)2)16(19)15-11-10-13(3)17(15)4/h6-11H,5H2,1-4H3. The number of carbonyl (C=O) groups is 1. The molecule has 0 aliphatic rings. The summed E-state index contributed by atoms with van der Waals surface area (Å²) in [5, 5.41) is 0. The van der Waals surface area contributed by atoms with E-state index in [1.165, 1.54) is 0 Å². The summed E-state index contributed by atoms with van der Waals surface area (Å²) in [7, 11) is 1.92. The van der Waals surface area contributed by atoms with E-state index in [1.54, 1.807) is 0 Å². The molecule has 0 atom stereocenters. The highest BCUT2D eigenvalue weighted by atomic mass is 16.2. The van der Waals surface area contributed by atoms with Crippen molar-refractivity contribution in [3.05, 3.63) is 53.3 Å². The third-order valence-corrected chi connectivity index (χ3v) is 3.56. The predicted molar refractivity (Wildman–Crippen MR) is 78.7 cm³/mol.